The smallest absolute Gasteiger partial charge is 0.256 e. The van der Waals surface area contributed by atoms with Gasteiger partial charge in [-0.25, -0.2) is 4.98 Å². The van der Waals surface area contributed by atoms with Crippen molar-refractivity contribution in [2.75, 3.05) is 13.3 Å². The molecule has 0 bridgehead atoms. The molecule has 0 spiro atoms. The fraction of sp³-hybridized carbons (Fsp3) is 0.400. The van der Waals surface area contributed by atoms with Crippen LogP contribution in [0, 0.1) is 13.8 Å². The van der Waals surface area contributed by atoms with Crippen molar-refractivity contribution in [3.63, 3.8) is 0 Å². The second-order valence-electron chi connectivity index (χ2n) is 5.00. The van der Waals surface area contributed by atoms with Crippen LogP contribution in [-0.4, -0.2) is 39.3 Å². The number of pyridine rings is 1. The molecule has 0 fully saturated rings. The minimum absolute atomic E-state index is 0.0278. The lowest BCUT2D eigenvalue weighted by Crippen LogP contribution is -2.30. The average molecular weight is 304 g/mol. The zero-order chi connectivity index (χ0) is 15.6. The molecule has 0 aromatic carbocycles. The van der Waals surface area contributed by atoms with Crippen LogP contribution in [0.3, 0.4) is 0 Å². The highest BCUT2D eigenvalue weighted by atomic mass is 32.2. The second kappa shape index (κ2) is 6.30. The minimum atomic E-state index is -0.0498. The molecule has 21 heavy (non-hydrogen) atoms. The molecule has 0 saturated carbocycles. The summed E-state index contributed by atoms with van der Waals surface area (Å²) < 4.78 is 0. The third kappa shape index (κ3) is 2.95. The number of rotatable bonds is 4. The maximum absolute atomic E-state index is 12.7. The molecule has 0 radical (unpaired) electrons. The van der Waals surface area contributed by atoms with Crippen molar-refractivity contribution < 1.29 is 4.79 Å². The lowest BCUT2D eigenvalue weighted by Gasteiger charge is -2.26. The fourth-order valence-corrected chi connectivity index (χ4v) is 2.99. The Kier molecular flexibility index (Phi) is 4.67. The normalized spacial score (nSPS) is 12.2. The Morgan fingerprint density at radius 2 is 2.14 bits per heavy atom. The van der Waals surface area contributed by atoms with Crippen LogP contribution in [0.1, 0.15) is 40.3 Å². The van der Waals surface area contributed by atoms with Crippen LogP contribution in [0.2, 0.25) is 0 Å². The zero-order valence-electron chi connectivity index (χ0n) is 13.0. The highest BCUT2D eigenvalue weighted by Crippen LogP contribution is 2.27. The third-order valence-corrected chi connectivity index (χ3v) is 4.41. The number of hydrogen-bond acceptors (Lipinski definition) is 4. The van der Waals surface area contributed by atoms with Gasteiger partial charge in [0.1, 0.15) is 5.03 Å². The molecular weight excluding hydrogens is 284 g/mol. The summed E-state index contributed by atoms with van der Waals surface area (Å²) in [6.07, 6.45) is 3.63. The van der Waals surface area contributed by atoms with Crippen LogP contribution in [0.15, 0.2) is 23.4 Å². The van der Waals surface area contributed by atoms with Crippen LogP contribution < -0.4 is 0 Å². The molecule has 6 heteroatoms. The van der Waals surface area contributed by atoms with E-state index in [4.69, 9.17) is 0 Å². The molecule has 5 nitrogen and oxygen atoms in total. The molecule has 2 aromatic rings. The van der Waals surface area contributed by atoms with Gasteiger partial charge in [-0.1, -0.05) is 0 Å². The number of H-pyrrole nitrogens is 1. The van der Waals surface area contributed by atoms with E-state index < -0.39 is 0 Å². The van der Waals surface area contributed by atoms with Crippen LogP contribution in [0.5, 0.6) is 0 Å². The lowest BCUT2D eigenvalue weighted by molar-refractivity contribution is 0.0737. The molecule has 0 aliphatic carbocycles. The van der Waals surface area contributed by atoms with Gasteiger partial charge >= 0.3 is 0 Å². The van der Waals surface area contributed by atoms with Gasteiger partial charge in [0.05, 0.1) is 17.3 Å². The van der Waals surface area contributed by atoms with Gasteiger partial charge in [-0.3, -0.25) is 9.89 Å². The Hall–Kier alpha value is -1.82. The van der Waals surface area contributed by atoms with Crippen LogP contribution in [0.4, 0.5) is 0 Å². The monoisotopic (exact) mass is 304 g/mol. The minimum Gasteiger partial charge on any atom is -0.335 e. The topological polar surface area (TPSA) is 61.9 Å². The van der Waals surface area contributed by atoms with Gasteiger partial charge in [0.2, 0.25) is 0 Å². The van der Waals surface area contributed by atoms with Crippen molar-refractivity contribution >= 4 is 17.7 Å². The average Bonchev–Trinajstić information content (AvgIpc) is 2.84. The van der Waals surface area contributed by atoms with Crippen molar-refractivity contribution in [1.82, 2.24) is 20.1 Å². The first-order valence-corrected chi connectivity index (χ1v) is 7.97. The molecule has 2 rings (SSSR count). The number of nitrogens with one attached hydrogen (secondary N) is 1. The van der Waals surface area contributed by atoms with Crippen molar-refractivity contribution in [2.45, 2.75) is 31.8 Å². The van der Waals surface area contributed by atoms with Crippen molar-refractivity contribution in [3.8, 4) is 0 Å². The Bertz CT molecular complexity index is 633. The van der Waals surface area contributed by atoms with E-state index >= 15 is 0 Å². The molecule has 1 amide bonds. The Balaban J connectivity index is 2.31. The predicted molar refractivity (Wildman–Crippen MR) is 84.6 cm³/mol. The van der Waals surface area contributed by atoms with Gasteiger partial charge in [-0.15, -0.1) is 11.8 Å². The Morgan fingerprint density at radius 1 is 1.43 bits per heavy atom. The van der Waals surface area contributed by atoms with Crippen LogP contribution in [0.25, 0.3) is 0 Å². The maximum atomic E-state index is 12.7. The van der Waals surface area contributed by atoms with E-state index in [0.29, 0.717) is 5.56 Å². The number of aromatic nitrogens is 3. The number of hydrogen-bond donors (Lipinski definition) is 1. The van der Waals surface area contributed by atoms with Crippen molar-refractivity contribution in [1.29, 1.82) is 0 Å². The van der Waals surface area contributed by atoms with Gasteiger partial charge in [0, 0.05) is 24.5 Å². The Morgan fingerprint density at radius 3 is 2.71 bits per heavy atom. The predicted octanol–water partition coefficient (Wildman–Crippen LogP) is 2.98. The van der Waals surface area contributed by atoms with Crippen LogP contribution >= 0.6 is 11.8 Å². The summed E-state index contributed by atoms with van der Waals surface area (Å²) in [7, 11) is 1.82. The molecule has 0 aliphatic rings. The van der Waals surface area contributed by atoms with Crippen molar-refractivity contribution in [2.24, 2.45) is 0 Å². The molecule has 1 atom stereocenters. The summed E-state index contributed by atoms with van der Waals surface area (Å²) >= 11 is 1.48. The zero-order valence-corrected chi connectivity index (χ0v) is 13.8. The van der Waals surface area contributed by atoms with E-state index in [1.165, 1.54) is 11.8 Å². The molecule has 2 aromatic heterocycles. The number of thioether (sulfide) groups is 1. The molecule has 0 saturated heterocycles. The molecule has 0 aliphatic heterocycles. The van der Waals surface area contributed by atoms with E-state index in [9.17, 15) is 4.79 Å². The van der Waals surface area contributed by atoms with E-state index in [1.807, 2.05) is 40.1 Å². The molecule has 1 N–H and O–H groups in total. The summed E-state index contributed by atoms with van der Waals surface area (Å²) in [6, 6.07) is 3.56. The largest absolute Gasteiger partial charge is 0.335 e. The third-order valence-electron chi connectivity index (χ3n) is 3.70. The highest BCUT2D eigenvalue weighted by molar-refractivity contribution is 7.98. The SMILES string of the molecule is CSc1ncccc1C(=O)N(C)C(C)c1c(C)n[nH]c1C. The summed E-state index contributed by atoms with van der Waals surface area (Å²) in [6.45, 7) is 5.93. The van der Waals surface area contributed by atoms with Gasteiger partial charge in [-0.05, 0) is 39.2 Å². The number of aryl methyl sites for hydroxylation is 2. The number of nitrogens with zero attached hydrogens (tertiary/aromatic N) is 3. The van der Waals surface area contributed by atoms with Gasteiger partial charge in [0.15, 0.2) is 0 Å². The van der Waals surface area contributed by atoms with E-state index in [0.717, 1.165) is 22.0 Å². The van der Waals surface area contributed by atoms with Gasteiger partial charge < -0.3 is 4.90 Å². The molecule has 1 unspecified atom stereocenters. The summed E-state index contributed by atoms with van der Waals surface area (Å²) in [5.41, 5.74) is 3.63. The van der Waals surface area contributed by atoms with E-state index in [-0.39, 0.29) is 11.9 Å². The summed E-state index contributed by atoms with van der Waals surface area (Å²) in [5, 5.41) is 7.93. The Labute approximate surface area is 129 Å². The number of carbonyl (C=O) groups excluding carboxylic acids is 1. The fourth-order valence-electron chi connectivity index (χ4n) is 2.45. The summed E-state index contributed by atoms with van der Waals surface area (Å²) in [5.74, 6) is -0.0278. The quantitative estimate of drug-likeness (QED) is 0.882. The molecule has 2 heterocycles. The first-order chi connectivity index (χ1) is 9.97. The second-order valence-corrected chi connectivity index (χ2v) is 5.79. The number of amides is 1. The number of aromatic amines is 1. The molecular formula is C15H20N4OS. The molecule has 112 valence electrons. The van der Waals surface area contributed by atoms with Gasteiger partial charge in [-0.2, -0.15) is 5.10 Å². The van der Waals surface area contributed by atoms with E-state index in [1.54, 1.807) is 17.2 Å². The standard InChI is InChI=1S/C15H20N4OS/c1-9-13(10(2)18-17-9)11(3)19(4)15(20)12-7-6-8-16-14(12)21-5/h6-8,11H,1-5H3,(H,17,18). The van der Waals surface area contributed by atoms with E-state index in [2.05, 4.69) is 15.2 Å². The van der Waals surface area contributed by atoms with Crippen molar-refractivity contribution in [3.05, 3.63) is 40.8 Å². The first kappa shape index (κ1) is 15.6. The van der Waals surface area contributed by atoms with Gasteiger partial charge in [0.25, 0.3) is 5.91 Å². The maximum Gasteiger partial charge on any atom is 0.256 e. The van der Waals surface area contributed by atoms with Crippen LogP contribution in [-0.2, 0) is 0 Å². The highest BCUT2D eigenvalue weighted by Gasteiger charge is 2.24. The first-order valence-electron chi connectivity index (χ1n) is 6.75. The number of carbonyl (C=O) groups is 1. The summed E-state index contributed by atoms with van der Waals surface area (Å²) in [4.78, 5) is 18.7. The lowest BCUT2D eigenvalue weighted by atomic mass is 10.0.